The largest absolute Gasteiger partial charge is 0.338 e. The molecule has 2 fully saturated rings. The van der Waals surface area contributed by atoms with E-state index in [1.54, 1.807) is 13.0 Å². The summed E-state index contributed by atoms with van der Waals surface area (Å²) in [5.41, 5.74) is 1.69. The number of rotatable bonds is 4. The van der Waals surface area contributed by atoms with E-state index < -0.39 is 5.41 Å². The van der Waals surface area contributed by atoms with Crippen LogP contribution in [0.5, 0.6) is 0 Å². The lowest BCUT2D eigenvalue weighted by molar-refractivity contribution is -0.130. The summed E-state index contributed by atoms with van der Waals surface area (Å²) < 4.78 is 0. The van der Waals surface area contributed by atoms with Gasteiger partial charge in [0.25, 0.3) is 5.91 Å². The zero-order valence-corrected chi connectivity index (χ0v) is 16.2. The highest BCUT2D eigenvalue weighted by atomic mass is 16.2. The van der Waals surface area contributed by atoms with Crippen molar-refractivity contribution in [1.82, 2.24) is 9.80 Å². The summed E-state index contributed by atoms with van der Waals surface area (Å²) in [5, 5.41) is 2.89. The van der Waals surface area contributed by atoms with Gasteiger partial charge >= 0.3 is 0 Å². The SMILES string of the molecule is CC(=O)N(CC1CCCN1C(=O)c1ccc2c(c1)NC(=O)C2(C)C)C1CC1. The molecule has 4 rings (SSSR count). The molecule has 1 saturated carbocycles. The second-order valence-corrected chi connectivity index (χ2v) is 8.54. The summed E-state index contributed by atoms with van der Waals surface area (Å²) in [6.45, 7) is 6.74. The molecule has 1 aromatic rings. The van der Waals surface area contributed by atoms with Crippen molar-refractivity contribution >= 4 is 23.4 Å². The van der Waals surface area contributed by atoms with E-state index in [2.05, 4.69) is 5.32 Å². The fourth-order valence-electron chi connectivity index (χ4n) is 4.33. The summed E-state index contributed by atoms with van der Waals surface area (Å²) >= 11 is 0. The predicted octanol–water partition coefficient (Wildman–Crippen LogP) is 2.53. The molecule has 6 nitrogen and oxygen atoms in total. The van der Waals surface area contributed by atoms with Crippen LogP contribution in [0.15, 0.2) is 18.2 Å². The number of hydrogen-bond acceptors (Lipinski definition) is 3. The number of carbonyl (C=O) groups is 3. The van der Waals surface area contributed by atoms with Crippen LogP contribution in [0.2, 0.25) is 0 Å². The Kier molecular flexibility index (Phi) is 4.24. The lowest BCUT2D eigenvalue weighted by atomic mass is 9.86. The van der Waals surface area contributed by atoms with Gasteiger partial charge in [0.1, 0.15) is 0 Å². The summed E-state index contributed by atoms with van der Waals surface area (Å²) in [6.07, 6.45) is 4.03. The van der Waals surface area contributed by atoms with Crippen LogP contribution in [-0.2, 0) is 15.0 Å². The Hall–Kier alpha value is -2.37. The van der Waals surface area contributed by atoms with Crippen molar-refractivity contribution in [3.05, 3.63) is 29.3 Å². The number of amides is 3. The zero-order valence-electron chi connectivity index (χ0n) is 16.2. The molecule has 1 N–H and O–H groups in total. The summed E-state index contributed by atoms with van der Waals surface area (Å²) in [4.78, 5) is 41.1. The molecule has 0 radical (unpaired) electrons. The van der Waals surface area contributed by atoms with Crippen LogP contribution < -0.4 is 5.32 Å². The summed E-state index contributed by atoms with van der Waals surface area (Å²) in [5.74, 6) is 0.0421. The van der Waals surface area contributed by atoms with Gasteiger partial charge in [-0.15, -0.1) is 0 Å². The normalized spacial score (nSPS) is 23.1. The van der Waals surface area contributed by atoms with Gasteiger partial charge in [-0.2, -0.15) is 0 Å². The minimum Gasteiger partial charge on any atom is -0.338 e. The third-order valence-electron chi connectivity index (χ3n) is 6.19. The maximum atomic E-state index is 13.1. The standard InChI is InChI=1S/C21H27N3O3/c1-13(25)24(15-7-8-15)12-16-5-4-10-23(16)19(26)14-6-9-17-18(11-14)22-20(27)21(17,2)3/h6,9,11,15-16H,4-5,7-8,10,12H2,1-3H3,(H,22,27). The molecule has 6 heteroatoms. The second kappa shape index (κ2) is 6.36. The second-order valence-electron chi connectivity index (χ2n) is 8.54. The van der Waals surface area contributed by atoms with Crippen LogP contribution in [0.4, 0.5) is 5.69 Å². The van der Waals surface area contributed by atoms with Crippen molar-refractivity contribution in [3.63, 3.8) is 0 Å². The van der Waals surface area contributed by atoms with Crippen LogP contribution in [0.25, 0.3) is 0 Å². The Bertz CT molecular complexity index is 813. The monoisotopic (exact) mass is 369 g/mol. The minimum absolute atomic E-state index is 0.0152. The quantitative estimate of drug-likeness (QED) is 0.887. The lowest BCUT2D eigenvalue weighted by Crippen LogP contribution is -2.45. The zero-order chi connectivity index (χ0) is 19.3. The first-order valence-corrected chi connectivity index (χ1v) is 9.83. The van der Waals surface area contributed by atoms with E-state index in [-0.39, 0.29) is 23.8 Å². The van der Waals surface area contributed by atoms with E-state index >= 15 is 0 Å². The van der Waals surface area contributed by atoms with Gasteiger partial charge in [0.15, 0.2) is 0 Å². The number of anilines is 1. The number of benzene rings is 1. The number of likely N-dealkylation sites (tertiary alicyclic amines) is 1. The van der Waals surface area contributed by atoms with Crippen molar-refractivity contribution in [2.75, 3.05) is 18.4 Å². The van der Waals surface area contributed by atoms with Crippen LogP contribution in [0.3, 0.4) is 0 Å². The molecule has 1 saturated heterocycles. The van der Waals surface area contributed by atoms with E-state index in [0.29, 0.717) is 18.2 Å². The van der Waals surface area contributed by atoms with Crippen LogP contribution >= 0.6 is 0 Å². The van der Waals surface area contributed by atoms with E-state index in [9.17, 15) is 14.4 Å². The van der Waals surface area contributed by atoms with Gasteiger partial charge in [0.2, 0.25) is 11.8 Å². The molecular weight excluding hydrogens is 342 g/mol. The molecule has 0 bridgehead atoms. The van der Waals surface area contributed by atoms with Gasteiger partial charge in [0.05, 0.1) is 5.41 Å². The topological polar surface area (TPSA) is 69.7 Å². The van der Waals surface area contributed by atoms with E-state index in [1.807, 2.05) is 35.8 Å². The molecule has 144 valence electrons. The lowest BCUT2D eigenvalue weighted by Gasteiger charge is -2.30. The highest BCUT2D eigenvalue weighted by Gasteiger charge is 2.40. The number of hydrogen-bond donors (Lipinski definition) is 1. The number of nitrogens with one attached hydrogen (secondary N) is 1. The van der Waals surface area contributed by atoms with Crippen LogP contribution in [0, 0.1) is 0 Å². The van der Waals surface area contributed by atoms with Gasteiger partial charge in [-0.3, -0.25) is 14.4 Å². The number of fused-ring (bicyclic) bond motifs is 1. The third-order valence-corrected chi connectivity index (χ3v) is 6.19. The Balaban J connectivity index is 1.53. The molecule has 1 atom stereocenters. The van der Waals surface area contributed by atoms with Gasteiger partial charge in [-0.25, -0.2) is 0 Å². The Morgan fingerprint density at radius 1 is 1.26 bits per heavy atom. The highest BCUT2D eigenvalue weighted by molar-refractivity contribution is 6.07. The Morgan fingerprint density at radius 2 is 2.00 bits per heavy atom. The molecule has 1 aliphatic carbocycles. The third kappa shape index (κ3) is 3.11. The molecule has 2 aliphatic heterocycles. The fraction of sp³-hybridized carbons (Fsp3) is 0.571. The highest BCUT2D eigenvalue weighted by Crippen LogP contribution is 2.38. The van der Waals surface area contributed by atoms with Crippen molar-refractivity contribution in [3.8, 4) is 0 Å². The summed E-state index contributed by atoms with van der Waals surface area (Å²) in [7, 11) is 0. The smallest absolute Gasteiger partial charge is 0.254 e. The molecule has 0 aromatic heterocycles. The Morgan fingerprint density at radius 3 is 2.67 bits per heavy atom. The predicted molar refractivity (Wildman–Crippen MR) is 103 cm³/mol. The maximum absolute atomic E-state index is 13.1. The summed E-state index contributed by atoms with van der Waals surface area (Å²) in [6, 6.07) is 5.93. The molecule has 1 aromatic carbocycles. The molecule has 3 aliphatic rings. The number of carbonyl (C=O) groups excluding carboxylic acids is 3. The van der Waals surface area contributed by atoms with Crippen molar-refractivity contribution in [1.29, 1.82) is 0 Å². The Labute approximate surface area is 159 Å². The van der Waals surface area contributed by atoms with Crippen molar-refractivity contribution in [2.24, 2.45) is 0 Å². The van der Waals surface area contributed by atoms with E-state index in [0.717, 1.165) is 43.5 Å². The van der Waals surface area contributed by atoms with Gasteiger partial charge < -0.3 is 15.1 Å². The molecule has 27 heavy (non-hydrogen) atoms. The first-order valence-electron chi connectivity index (χ1n) is 9.83. The molecule has 2 heterocycles. The maximum Gasteiger partial charge on any atom is 0.254 e. The molecule has 1 unspecified atom stereocenters. The number of nitrogens with zero attached hydrogens (tertiary/aromatic N) is 2. The molecular formula is C21H27N3O3. The van der Waals surface area contributed by atoms with Crippen LogP contribution in [0.1, 0.15) is 62.4 Å². The van der Waals surface area contributed by atoms with Crippen molar-refractivity contribution < 1.29 is 14.4 Å². The first kappa shape index (κ1) is 18.0. The fourth-order valence-corrected chi connectivity index (χ4v) is 4.33. The molecule has 3 amide bonds. The average molecular weight is 369 g/mol. The van der Waals surface area contributed by atoms with Crippen molar-refractivity contribution in [2.45, 2.75) is 64.0 Å². The van der Waals surface area contributed by atoms with E-state index in [4.69, 9.17) is 0 Å². The van der Waals surface area contributed by atoms with E-state index in [1.165, 1.54) is 0 Å². The van der Waals surface area contributed by atoms with Gasteiger partial charge in [-0.1, -0.05) is 6.07 Å². The van der Waals surface area contributed by atoms with Gasteiger partial charge in [-0.05, 0) is 57.2 Å². The van der Waals surface area contributed by atoms with Crippen LogP contribution in [-0.4, -0.2) is 52.7 Å². The van der Waals surface area contributed by atoms with Gasteiger partial charge in [0, 0.05) is 43.3 Å². The first-order chi connectivity index (χ1) is 12.8. The molecule has 0 spiro atoms. The average Bonchev–Trinajstić information content (AvgIpc) is 3.30. The minimum atomic E-state index is -0.570.